The van der Waals surface area contributed by atoms with E-state index in [1.807, 2.05) is 6.26 Å². The zero-order valence-corrected chi connectivity index (χ0v) is 12.4. The third-order valence-electron chi connectivity index (χ3n) is 3.87. The van der Waals surface area contributed by atoms with Gasteiger partial charge in [-0.05, 0) is 38.2 Å². The molecule has 2 heterocycles. The number of carbonyl (C=O) groups excluding carboxylic acids is 1. The van der Waals surface area contributed by atoms with Crippen LogP contribution in [0.4, 0.5) is 0 Å². The highest BCUT2D eigenvalue weighted by molar-refractivity contribution is 7.98. The van der Waals surface area contributed by atoms with Crippen molar-refractivity contribution in [3.63, 3.8) is 0 Å². The number of carboxylic acids is 1. The Kier molecular flexibility index (Phi) is 4.32. The van der Waals surface area contributed by atoms with Crippen LogP contribution in [0.25, 0.3) is 0 Å². The van der Waals surface area contributed by atoms with E-state index in [0.29, 0.717) is 36.5 Å². The second kappa shape index (κ2) is 5.83. The van der Waals surface area contributed by atoms with Crippen LogP contribution in [0.15, 0.2) is 23.4 Å². The molecule has 2 rings (SSSR count). The first-order valence-corrected chi connectivity index (χ1v) is 7.72. The van der Waals surface area contributed by atoms with Crippen LogP contribution in [0.5, 0.6) is 0 Å². The van der Waals surface area contributed by atoms with Crippen molar-refractivity contribution >= 4 is 23.6 Å². The Labute approximate surface area is 122 Å². The number of aliphatic carboxylic acids is 1. The van der Waals surface area contributed by atoms with E-state index in [1.54, 1.807) is 30.2 Å². The third-order valence-corrected chi connectivity index (χ3v) is 4.58. The number of amides is 1. The summed E-state index contributed by atoms with van der Waals surface area (Å²) in [4.78, 5) is 29.6. The average Bonchev–Trinajstić information content (AvgIpc) is 2.47. The molecule has 6 heteroatoms. The predicted molar refractivity (Wildman–Crippen MR) is 76.9 cm³/mol. The lowest BCUT2D eigenvalue weighted by molar-refractivity contribution is -0.150. The summed E-state index contributed by atoms with van der Waals surface area (Å²) in [6, 6.07) is 3.52. The van der Waals surface area contributed by atoms with E-state index in [2.05, 4.69) is 4.98 Å². The maximum atomic E-state index is 12.5. The standard InChI is InChI=1S/C14H18N2O3S/c1-14(13(18)19)5-8-16(9-6-14)12(17)10-4-3-7-15-11(10)20-2/h3-4,7H,5-6,8-9H2,1-2H3,(H,18,19). The summed E-state index contributed by atoms with van der Waals surface area (Å²) in [5, 5.41) is 9.92. The van der Waals surface area contributed by atoms with Gasteiger partial charge in [0.05, 0.1) is 11.0 Å². The Morgan fingerprint density at radius 3 is 2.60 bits per heavy atom. The number of carboxylic acid groups (broad SMARTS) is 1. The maximum absolute atomic E-state index is 12.5. The fraction of sp³-hybridized carbons (Fsp3) is 0.500. The lowest BCUT2D eigenvalue weighted by atomic mass is 9.80. The smallest absolute Gasteiger partial charge is 0.309 e. The molecule has 1 aliphatic rings. The number of aromatic nitrogens is 1. The van der Waals surface area contributed by atoms with Gasteiger partial charge in [-0.1, -0.05) is 0 Å². The molecule has 1 aliphatic heterocycles. The van der Waals surface area contributed by atoms with Gasteiger partial charge in [-0.3, -0.25) is 9.59 Å². The minimum Gasteiger partial charge on any atom is -0.481 e. The van der Waals surface area contributed by atoms with Crippen molar-refractivity contribution in [3.8, 4) is 0 Å². The fourth-order valence-electron chi connectivity index (χ4n) is 2.30. The first-order valence-electron chi connectivity index (χ1n) is 6.49. The summed E-state index contributed by atoms with van der Waals surface area (Å²) in [5.41, 5.74) is -0.118. The molecule has 0 saturated carbocycles. The number of likely N-dealkylation sites (tertiary alicyclic amines) is 1. The van der Waals surface area contributed by atoms with E-state index in [0.717, 1.165) is 0 Å². The number of pyridine rings is 1. The van der Waals surface area contributed by atoms with Crippen LogP contribution in [0.3, 0.4) is 0 Å². The number of hydrogen-bond donors (Lipinski definition) is 1. The summed E-state index contributed by atoms with van der Waals surface area (Å²) >= 11 is 1.44. The molecule has 0 radical (unpaired) electrons. The van der Waals surface area contributed by atoms with Gasteiger partial charge < -0.3 is 10.0 Å². The molecule has 0 spiro atoms. The van der Waals surface area contributed by atoms with E-state index in [4.69, 9.17) is 0 Å². The van der Waals surface area contributed by atoms with E-state index in [-0.39, 0.29) is 5.91 Å². The third kappa shape index (κ3) is 2.80. The zero-order chi connectivity index (χ0) is 14.8. The van der Waals surface area contributed by atoms with E-state index in [1.165, 1.54) is 11.8 Å². The molecule has 1 aromatic heterocycles. The molecule has 0 bridgehead atoms. The molecule has 1 fully saturated rings. The molecule has 20 heavy (non-hydrogen) atoms. The second-order valence-corrected chi connectivity index (χ2v) is 6.01. The molecular formula is C14H18N2O3S. The van der Waals surface area contributed by atoms with Crippen molar-refractivity contribution in [2.24, 2.45) is 5.41 Å². The van der Waals surface area contributed by atoms with Gasteiger partial charge in [0.25, 0.3) is 5.91 Å². The van der Waals surface area contributed by atoms with Crippen LogP contribution < -0.4 is 0 Å². The Hall–Kier alpha value is -1.56. The highest BCUT2D eigenvalue weighted by Crippen LogP contribution is 2.32. The molecular weight excluding hydrogens is 276 g/mol. The van der Waals surface area contributed by atoms with Gasteiger partial charge in [0.1, 0.15) is 5.03 Å². The highest BCUT2D eigenvalue weighted by Gasteiger charge is 2.38. The van der Waals surface area contributed by atoms with Crippen LogP contribution in [-0.4, -0.2) is 46.2 Å². The van der Waals surface area contributed by atoms with Crippen LogP contribution in [0.2, 0.25) is 0 Å². The first-order chi connectivity index (χ1) is 9.48. The van der Waals surface area contributed by atoms with Gasteiger partial charge in [0, 0.05) is 19.3 Å². The predicted octanol–water partition coefficient (Wildman–Crippen LogP) is 2.13. The summed E-state index contributed by atoms with van der Waals surface area (Å²) in [5.74, 6) is -0.842. The molecule has 0 aliphatic carbocycles. The van der Waals surface area contributed by atoms with Crippen LogP contribution in [0.1, 0.15) is 30.1 Å². The molecule has 1 N–H and O–H groups in total. The van der Waals surface area contributed by atoms with Crippen LogP contribution in [0, 0.1) is 5.41 Å². The van der Waals surface area contributed by atoms with Gasteiger partial charge in [0.15, 0.2) is 0 Å². The van der Waals surface area contributed by atoms with Gasteiger partial charge in [0.2, 0.25) is 0 Å². The zero-order valence-electron chi connectivity index (χ0n) is 11.6. The van der Waals surface area contributed by atoms with Gasteiger partial charge in [-0.2, -0.15) is 0 Å². The highest BCUT2D eigenvalue weighted by atomic mass is 32.2. The van der Waals surface area contributed by atoms with Crippen molar-refractivity contribution in [1.29, 1.82) is 0 Å². The van der Waals surface area contributed by atoms with E-state index >= 15 is 0 Å². The molecule has 108 valence electrons. The summed E-state index contributed by atoms with van der Waals surface area (Å²) in [6.45, 7) is 2.70. The molecule has 0 aromatic carbocycles. The number of thioether (sulfide) groups is 1. The number of hydrogen-bond acceptors (Lipinski definition) is 4. The molecule has 1 amide bonds. The van der Waals surface area contributed by atoms with E-state index in [9.17, 15) is 14.7 Å². The van der Waals surface area contributed by atoms with Crippen LogP contribution >= 0.6 is 11.8 Å². The van der Waals surface area contributed by atoms with Crippen molar-refractivity contribution in [3.05, 3.63) is 23.9 Å². The Balaban J connectivity index is 2.11. The lowest BCUT2D eigenvalue weighted by Crippen LogP contribution is -2.45. The summed E-state index contributed by atoms with van der Waals surface area (Å²) < 4.78 is 0. The number of carbonyl (C=O) groups is 2. The minimum atomic E-state index is -0.782. The average molecular weight is 294 g/mol. The van der Waals surface area contributed by atoms with Gasteiger partial charge >= 0.3 is 5.97 Å². The Morgan fingerprint density at radius 1 is 1.40 bits per heavy atom. The number of piperidine rings is 1. The molecule has 5 nitrogen and oxygen atoms in total. The van der Waals surface area contributed by atoms with Gasteiger partial charge in [-0.25, -0.2) is 4.98 Å². The maximum Gasteiger partial charge on any atom is 0.309 e. The molecule has 0 unspecified atom stereocenters. The van der Waals surface area contributed by atoms with Gasteiger partial charge in [-0.15, -0.1) is 11.8 Å². The SMILES string of the molecule is CSc1ncccc1C(=O)N1CCC(C)(C(=O)O)CC1. The minimum absolute atomic E-state index is 0.0603. The second-order valence-electron chi connectivity index (χ2n) is 5.22. The summed E-state index contributed by atoms with van der Waals surface area (Å²) in [6.07, 6.45) is 4.53. The van der Waals surface area contributed by atoms with Crippen molar-refractivity contribution in [1.82, 2.24) is 9.88 Å². The fourth-order valence-corrected chi connectivity index (χ4v) is 2.85. The largest absolute Gasteiger partial charge is 0.481 e. The van der Waals surface area contributed by atoms with Crippen molar-refractivity contribution in [2.75, 3.05) is 19.3 Å². The van der Waals surface area contributed by atoms with Crippen molar-refractivity contribution in [2.45, 2.75) is 24.8 Å². The monoisotopic (exact) mass is 294 g/mol. The Morgan fingerprint density at radius 2 is 2.05 bits per heavy atom. The summed E-state index contributed by atoms with van der Waals surface area (Å²) in [7, 11) is 0. The number of nitrogens with zero attached hydrogens (tertiary/aromatic N) is 2. The molecule has 1 aromatic rings. The Bertz CT molecular complexity index is 525. The molecule has 1 saturated heterocycles. The topological polar surface area (TPSA) is 70.5 Å². The lowest BCUT2D eigenvalue weighted by Gasteiger charge is -2.36. The van der Waals surface area contributed by atoms with E-state index < -0.39 is 11.4 Å². The van der Waals surface area contributed by atoms with Crippen molar-refractivity contribution < 1.29 is 14.7 Å². The van der Waals surface area contributed by atoms with Crippen LogP contribution in [-0.2, 0) is 4.79 Å². The number of rotatable bonds is 3. The normalized spacial score (nSPS) is 17.8. The first kappa shape index (κ1) is 14.8. The molecule has 0 atom stereocenters. The quantitative estimate of drug-likeness (QED) is 0.865.